The van der Waals surface area contributed by atoms with E-state index in [1.165, 1.54) is 0 Å². The SMILES string of the molecule is [F-].[F-].[F-].[Ru+3]. The average Bonchev–Trinajstić information content (AvgIpc) is 0. The van der Waals surface area contributed by atoms with Gasteiger partial charge in [0.15, 0.2) is 0 Å². The maximum Gasteiger partial charge on any atom is 3.00 e. The molecule has 4 heteroatoms. The molecule has 0 aliphatic carbocycles. The summed E-state index contributed by atoms with van der Waals surface area (Å²) in [6.07, 6.45) is 0. The molecule has 0 aromatic heterocycles. The summed E-state index contributed by atoms with van der Waals surface area (Å²) in [5, 5.41) is 0. The summed E-state index contributed by atoms with van der Waals surface area (Å²) in [5.74, 6) is 0. The Kier molecular flexibility index (Phi) is 8750. The number of hydrogen-bond donors (Lipinski definition) is 0. The van der Waals surface area contributed by atoms with Gasteiger partial charge in [-0.25, -0.2) is 0 Å². The van der Waals surface area contributed by atoms with Gasteiger partial charge in [0.25, 0.3) is 0 Å². The predicted molar refractivity (Wildman–Crippen MR) is 0 cm³/mol. The van der Waals surface area contributed by atoms with Gasteiger partial charge in [0.1, 0.15) is 0 Å². The van der Waals surface area contributed by atoms with Gasteiger partial charge < -0.3 is 14.1 Å². The average molecular weight is 158 g/mol. The minimum atomic E-state index is 0. The maximum absolute atomic E-state index is 0. The molecule has 29 valence electrons. The van der Waals surface area contributed by atoms with Crippen LogP contribution < -0.4 is 14.1 Å². The third kappa shape index (κ3) is 28.2. The summed E-state index contributed by atoms with van der Waals surface area (Å²) in [6, 6.07) is 0. The van der Waals surface area contributed by atoms with Crippen molar-refractivity contribution in [3.63, 3.8) is 0 Å². The quantitative estimate of drug-likeness (QED) is 0.307. The van der Waals surface area contributed by atoms with E-state index >= 15 is 0 Å². The Balaban J connectivity index is 0. The molecule has 0 atom stereocenters. The molecule has 0 aromatic rings. The Labute approximate surface area is 34.4 Å². The van der Waals surface area contributed by atoms with Gasteiger partial charge in [-0.2, -0.15) is 0 Å². The first-order valence-electron chi connectivity index (χ1n) is 0. The molecule has 0 heterocycles. The van der Waals surface area contributed by atoms with E-state index in [4.69, 9.17) is 0 Å². The normalized spacial score (nSPS) is 0. The second kappa shape index (κ2) is 116. The van der Waals surface area contributed by atoms with E-state index in [1.807, 2.05) is 0 Å². The number of hydrogen-bond acceptors (Lipinski definition) is 0. The molecule has 0 N–H and O–H groups in total. The van der Waals surface area contributed by atoms with Crippen molar-refractivity contribution in [2.45, 2.75) is 0 Å². The number of halogens is 3. The van der Waals surface area contributed by atoms with Crippen molar-refractivity contribution in [1.82, 2.24) is 0 Å². The van der Waals surface area contributed by atoms with Crippen molar-refractivity contribution in [1.29, 1.82) is 0 Å². The second-order valence-corrected chi connectivity index (χ2v) is 0. The van der Waals surface area contributed by atoms with Crippen molar-refractivity contribution >= 4 is 0 Å². The molecule has 0 spiro atoms. The van der Waals surface area contributed by atoms with E-state index in [9.17, 15) is 0 Å². The largest absolute Gasteiger partial charge is 3.00 e. The molecular weight excluding hydrogens is 158 g/mol. The van der Waals surface area contributed by atoms with E-state index in [0.717, 1.165) is 0 Å². The van der Waals surface area contributed by atoms with Gasteiger partial charge in [-0.1, -0.05) is 0 Å². The first-order chi connectivity index (χ1) is 0. The molecule has 0 aliphatic rings. The molecule has 0 unspecified atom stereocenters. The fourth-order valence-corrected chi connectivity index (χ4v) is 0. The van der Waals surface area contributed by atoms with Gasteiger partial charge in [-0.3, -0.25) is 0 Å². The monoisotopic (exact) mass is 159 g/mol. The van der Waals surface area contributed by atoms with Crippen LogP contribution in [0.15, 0.2) is 0 Å². The van der Waals surface area contributed by atoms with Crippen molar-refractivity contribution in [2.24, 2.45) is 0 Å². The van der Waals surface area contributed by atoms with E-state index in [-0.39, 0.29) is 33.6 Å². The zero-order valence-corrected chi connectivity index (χ0v) is 3.23. The topological polar surface area (TPSA) is 0 Å². The van der Waals surface area contributed by atoms with Crippen molar-refractivity contribution < 1.29 is 33.6 Å². The van der Waals surface area contributed by atoms with Gasteiger partial charge in [0.05, 0.1) is 0 Å². The summed E-state index contributed by atoms with van der Waals surface area (Å²) in [4.78, 5) is 0. The van der Waals surface area contributed by atoms with Gasteiger partial charge in [-0.15, -0.1) is 0 Å². The molecule has 0 amide bonds. The summed E-state index contributed by atoms with van der Waals surface area (Å²) < 4.78 is 0. The van der Waals surface area contributed by atoms with E-state index < -0.39 is 0 Å². The van der Waals surface area contributed by atoms with E-state index in [0.29, 0.717) is 0 Å². The summed E-state index contributed by atoms with van der Waals surface area (Å²) >= 11 is 0. The zero-order valence-electron chi connectivity index (χ0n) is 1.49. The molecule has 0 aromatic carbocycles. The first kappa shape index (κ1) is 301. The van der Waals surface area contributed by atoms with Crippen LogP contribution >= 0.6 is 0 Å². The zero-order chi connectivity index (χ0) is 0. The van der Waals surface area contributed by atoms with Crippen LogP contribution in [0.2, 0.25) is 0 Å². The van der Waals surface area contributed by atoms with Gasteiger partial charge in [0.2, 0.25) is 0 Å². The van der Waals surface area contributed by atoms with Gasteiger partial charge >= 0.3 is 19.5 Å². The maximum atomic E-state index is 0. The predicted octanol–water partition coefficient (Wildman–Crippen LogP) is -8.99. The molecule has 0 bridgehead atoms. The third-order valence-corrected chi connectivity index (χ3v) is 0. The molecule has 0 aliphatic heterocycles. The Morgan fingerprint density at radius 2 is 0.500 bits per heavy atom. The Morgan fingerprint density at radius 1 is 0.500 bits per heavy atom. The smallest absolute Gasteiger partial charge is 1.00 e. The summed E-state index contributed by atoms with van der Waals surface area (Å²) in [6.45, 7) is 0. The van der Waals surface area contributed by atoms with Crippen LogP contribution in [-0.2, 0) is 19.5 Å². The van der Waals surface area contributed by atoms with E-state index in [1.54, 1.807) is 0 Å². The van der Waals surface area contributed by atoms with Gasteiger partial charge in [-0.05, 0) is 0 Å². The molecule has 1 radical (unpaired) electrons. The Hall–Kier alpha value is 0.413. The first-order valence-corrected chi connectivity index (χ1v) is 0. The van der Waals surface area contributed by atoms with Crippen molar-refractivity contribution in [3.05, 3.63) is 0 Å². The third-order valence-electron chi connectivity index (χ3n) is 0. The molecule has 0 rings (SSSR count). The minimum absolute atomic E-state index is 0. The van der Waals surface area contributed by atoms with Crippen LogP contribution in [0.1, 0.15) is 0 Å². The molecule has 0 nitrogen and oxygen atoms in total. The summed E-state index contributed by atoms with van der Waals surface area (Å²) in [5.41, 5.74) is 0. The summed E-state index contributed by atoms with van der Waals surface area (Å²) in [7, 11) is 0. The molecule has 0 saturated heterocycles. The van der Waals surface area contributed by atoms with Crippen LogP contribution in [-0.4, -0.2) is 0 Å². The van der Waals surface area contributed by atoms with Crippen molar-refractivity contribution in [2.75, 3.05) is 0 Å². The number of rotatable bonds is 0. The fraction of sp³-hybridized carbons (Fsp3) is 0. The van der Waals surface area contributed by atoms with Crippen molar-refractivity contribution in [3.8, 4) is 0 Å². The van der Waals surface area contributed by atoms with Crippen LogP contribution in [0.5, 0.6) is 0 Å². The van der Waals surface area contributed by atoms with Crippen LogP contribution in [0.4, 0.5) is 0 Å². The van der Waals surface area contributed by atoms with Crippen LogP contribution in [0, 0.1) is 0 Å². The standard InChI is InChI=1S/3FH.Ru/h3*1H;/q;;;+3/p-3. The second-order valence-electron chi connectivity index (χ2n) is 0. The molecule has 0 saturated carbocycles. The molecular formula is F3Ru. The Bertz CT molecular complexity index is 3.25. The fourth-order valence-electron chi connectivity index (χ4n) is 0. The van der Waals surface area contributed by atoms with Crippen LogP contribution in [0.25, 0.3) is 0 Å². The molecule has 4 heavy (non-hydrogen) atoms. The van der Waals surface area contributed by atoms with Crippen LogP contribution in [0.3, 0.4) is 0 Å². The van der Waals surface area contributed by atoms with E-state index in [2.05, 4.69) is 0 Å². The minimum Gasteiger partial charge on any atom is -1.00 e. The molecule has 0 fully saturated rings. The van der Waals surface area contributed by atoms with Gasteiger partial charge in [0, 0.05) is 0 Å². The Morgan fingerprint density at radius 3 is 0.500 bits per heavy atom.